The Labute approximate surface area is 168 Å². The number of carbonyl (C=O) groups is 2. The molecule has 2 heterocycles. The second-order valence-electron chi connectivity index (χ2n) is 6.94. The molecule has 2 aromatic heterocycles. The van der Waals surface area contributed by atoms with Crippen LogP contribution in [0.5, 0.6) is 0 Å². The van der Waals surface area contributed by atoms with E-state index < -0.39 is 6.04 Å². The third-order valence-corrected chi connectivity index (χ3v) is 5.42. The first-order valence-electron chi connectivity index (χ1n) is 9.22. The molecule has 2 amide bonds. The Balaban J connectivity index is 1.71. The number of methoxy groups -OCH3 is 1. The summed E-state index contributed by atoms with van der Waals surface area (Å²) in [6, 6.07) is 10.8. The predicted octanol–water partition coefficient (Wildman–Crippen LogP) is 3.74. The van der Waals surface area contributed by atoms with E-state index in [1.165, 1.54) is 11.3 Å². The smallest absolute Gasteiger partial charge is 0.262 e. The van der Waals surface area contributed by atoms with Gasteiger partial charge >= 0.3 is 0 Å². The Morgan fingerprint density at radius 2 is 2.04 bits per heavy atom. The van der Waals surface area contributed by atoms with Crippen LogP contribution in [0.25, 0.3) is 10.9 Å². The van der Waals surface area contributed by atoms with Crippen LogP contribution < -0.4 is 10.6 Å². The average molecular weight is 400 g/mol. The van der Waals surface area contributed by atoms with E-state index in [2.05, 4.69) is 15.2 Å². The molecule has 0 spiro atoms. The van der Waals surface area contributed by atoms with Gasteiger partial charge in [-0.3, -0.25) is 9.59 Å². The van der Waals surface area contributed by atoms with Gasteiger partial charge in [-0.05, 0) is 41.6 Å². The van der Waals surface area contributed by atoms with Crippen LogP contribution in [0, 0.1) is 5.92 Å². The zero-order valence-corrected chi connectivity index (χ0v) is 17.1. The van der Waals surface area contributed by atoms with Crippen molar-refractivity contribution >= 4 is 39.7 Å². The summed E-state index contributed by atoms with van der Waals surface area (Å²) in [6.07, 6.45) is 2.01. The van der Waals surface area contributed by atoms with Crippen molar-refractivity contribution in [1.82, 2.24) is 9.88 Å². The van der Waals surface area contributed by atoms with Crippen LogP contribution >= 0.6 is 11.3 Å². The normalized spacial score (nSPS) is 12.3. The van der Waals surface area contributed by atoms with Crippen molar-refractivity contribution in [3.05, 3.63) is 52.9 Å². The molecular weight excluding hydrogens is 374 g/mol. The van der Waals surface area contributed by atoms with Gasteiger partial charge in [0.2, 0.25) is 5.91 Å². The summed E-state index contributed by atoms with van der Waals surface area (Å²) in [5, 5.41) is 8.66. The van der Waals surface area contributed by atoms with Gasteiger partial charge in [0.05, 0.1) is 11.5 Å². The van der Waals surface area contributed by atoms with Crippen LogP contribution in [0.2, 0.25) is 0 Å². The van der Waals surface area contributed by atoms with Gasteiger partial charge in [0.15, 0.2) is 0 Å². The quantitative estimate of drug-likeness (QED) is 0.606. The Hall–Kier alpha value is -2.64. The molecule has 0 fully saturated rings. The summed E-state index contributed by atoms with van der Waals surface area (Å²) in [7, 11) is 1.68. The van der Waals surface area contributed by atoms with E-state index in [-0.39, 0.29) is 17.7 Å². The first kappa shape index (κ1) is 20.1. The van der Waals surface area contributed by atoms with Gasteiger partial charge in [-0.1, -0.05) is 19.9 Å². The molecule has 0 aliphatic heterocycles. The van der Waals surface area contributed by atoms with Crippen LogP contribution in [0.4, 0.5) is 5.69 Å². The number of ether oxygens (including phenoxy) is 1. The molecule has 3 aromatic rings. The fourth-order valence-corrected chi connectivity index (χ4v) is 3.66. The third-order valence-electron chi connectivity index (χ3n) is 4.56. The maximum absolute atomic E-state index is 12.8. The fraction of sp³-hybridized carbons (Fsp3) is 0.333. The van der Waals surface area contributed by atoms with Crippen molar-refractivity contribution in [1.29, 1.82) is 0 Å². The van der Waals surface area contributed by atoms with E-state index in [9.17, 15) is 9.59 Å². The summed E-state index contributed by atoms with van der Waals surface area (Å²) in [4.78, 5) is 25.7. The number of fused-ring (bicyclic) bond motifs is 1. The third kappa shape index (κ3) is 4.61. The molecule has 0 bridgehead atoms. The molecule has 0 aliphatic rings. The van der Waals surface area contributed by atoms with Crippen molar-refractivity contribution in [2.45, 2.75) is 26.4 Å². The molecule has 2 N–H and O–H groups in total. The monoisotopic (exact) mass is 399 g/mol. The van der Waals surface area contributed by atoms with Crippen molar-refractivity contribution < 1.29 is 14.3 Å². The van der Waals surface area contributed by atoms with Crippen LogP contribution in [0.3, 0.4) is 0 Å². The minimum Gasteiger partial charge on any atom is -0.383 e. The molecule has 7 heteroatoms. The Bertz CT molecular complexity index is 947. The number of nitrogens with one attached hydrogen (secondary N) is 2. The zero-order chi connectivity index (χ0) is 20.1. The van der Waals surface area contributed by atoms with Gasteiger partial charge in [0.25, 0.3) is 5.91 Å². The number of benzene rings is 1. The number of rotatable bonds is 8. The first-order chi connectivity index (χ1) is 13.5. The number of carbonyl (C=O) groups excluding carboxylic acids is 2. The molecule has 1 aromatic carbocycles. The number of anilines is 1. The molecule has 1 atom stereocenters. The molecule has 3 rings (SSSR count). The number of aromatic nitrogens is 1. The number of thiophene rings is 1. The summed E-state index contributed by atoms with van der Waals surface area (Å²) in [6.45, 7) is 5.24. The lowest BCUT2D eigenvalue weighted by atomic mass is 10.0. The topological polar surface area (TPSA) is 72.4 Å². The van der Waals surface area contributed by atoms with Crippen molar-refractivity contribution in [2.75, 3.05) is 19.0 Å². The molecular formula is C21H25N3O3S. The first-order valence-corrected chi connectivity index (χ1v) is 10.1. The van der Waals surface area contributed by atoms with E-state index in [4.69, 9.17) is 4.74 Å². The minimum absolute atomic E-state index is 0.0391. The highest BCUT2D eigenvalue weighted by Crippen LogP contribution is 2.21. The predicted molar refractivity (Wildman–Crippen MR) is 113 cm³/mol. The lowest BCUT2D eigenvalue weighted by molar-refractivity contribution is -0.118. The van der Waals surface area contributed by atoms with Gasteiger partial charge in [0.1, 0.15) is 6.04 Å². The lowest BCUT2D eigenvalue weighted by Crippen LogP contribution is -2.46. The van der Waals surface area contributed by atoms with Crippen LogP contribution in [-0.2, 0) is 16.1 Å². The number of nitrogens with zero attached hydrogens (tertiary/aromatic N) is 1. The van der Waals surface area contributed by atoms with E-state index in [1.54, 1.807) is 13.2 Å². The van der Waals surface area contributed by atoms with Gasteiger partial charge in [-0.2, -0.15) is 0 Å². The summed E-state index contributed by atoms with van der Waals surface area (Å²) in [5.41, 5.74) is 1.79. The van der Waals surface area contributed by atoms with Crippen molar-refractivity contribution in [3.8, 4) is 0 Å². The molecule has 0 aliphatic carbocycles. The highest BCUT2D eigenvalue weighted by molar-refractivity contribution is 7.12. The Morgan fingerprint density at radius 1 is 1.21 bits per heavy atom. The molecule has 0 saturated heterocycles. The highest BCUT2D eigenvalue weighted by atomic mass is 32.1. The average Bonchev–Trinajstić information content (AvgIpc) is 3.33. The van der Waals surface area contributed by atoms with Crippen molar-refractivity contribution in [3.63, 3.8) is 0 Å². The fourth-order valence-electron chi connectivity index (χ4n) is 3.04. The number of hydrogen-bond donors (Lipinski definition) is 2. The van der Waals surface area contributed by atoms with Crippen LogP contribution in [0.1, 0.15) is 23.5 Å². The maximum atomic E-state index is 12.8. The highest BCUT2D eigenvalue weighted by Gasteiger charge is 2.25. The van der Waals surface area contributed by atoms with Gasteiger partial charge in [0, 0.05) is 36.4 Å². The molecule has 1 unspecified atom stereocenters. The van der Waals surface area contributed by atoms with E-state index in [0.717, 1.165) is 17.4 Å². The minimum atomic E-state index is -0.614. The molecule has 28 heavy (non-hydrogen) atoms. The second-order valence-corrected chi connectivity index (χ2v) is 7.88. The number of hydrogen-bond acceptors (Lipinski definition) is 4. The van der Waals surface area contributed by atoms with E-state index >= 15 is 0 Å². The molecule has 148 valence electrons. The Kier molecular flexibility index (Phi) is 6.49. The standard InChI is InChI=1S/C21H25N3O3S/c1-14(2)19(23-20(25)18-5-4-12-28-18)21(26)22-16-6-7-17-15(13-16)8-9-24(17)10-11-27-3/h4-9,12-14,19H,10-11H2,1-3H3,(H,22,26)(H,23,25). The molecule has 0 radical (unpaired) electrons. The maximum Gasteiger partial charge on any atom is 0.262 e. The van der Waals surface area contributed by atoms with Crippen LogP contribution in [-0.4, -0.2) is 36.1 Å². The number of amides is 2. The summed E-state index contributed by atoms with van der Waals surface area (Å²) >= 11 is 1.35. The SMILES string of the molecule is COCCn1ccc2cc(NC(=O)C(NC(=O)c3cccs3)C(C)C)ccc21. The van der Waals surface area contributed by atoms with E-state index in [0.29, 0.717) is 17.2 Å². The van der Waals surface area contributed by atoms with E-state index in [1.807, 2.05) is 55.8 Å². The van der Waals surface area contributed by atoms with Gasteiger partial charge in [-0.15, -0.1) is 11.3 Å². The Morgan fingerprint density at radius 3 is 2.71 bits per heavy atom. The van der Waals surface area contributed by atoms with Crippen LogP contribution in [0.15, 0.2) is 48.0 Å². The van der Waals surface area contributed by atoms with Gasteiger partial charge in [-0.25, -0.2) is 0 Å². The molecule has 0 saturated carbocycles. The summed E-state index contributed by atoms with van der Waals surface area (Å²) in [5.74, 6) is -0.490. The zero-order valence-electron chi connectivity index (χ0n) is 16.3. The second kappa shape index (κ2) is 9.03. The van der Waals surface area contributed by atoms with Gasteiger partial charge < -0.3 is 19.9 Å². The largest absolute Gasteiger partial charge is 0.383 e. The lowest BCUT2D eigenvalue weighted by Gasteiger charge is -2.21. The summed E-state index contributed by atoms with van der Waals surface area (Å²) < 4.78 is 7.25. The van der Waals surface area contributed by atoms with Crippen molar-refractivity contribution in [2.24, 2.45) is 5.92 Å². The molecule has 6 nitrogen and oxygen atoms in total.